The van der Waals surface area contributed by atoms with E-state index >= 15 is 0 Å². The lowest BCUT2D eigenvalue weighted by Crippen LogP contribution is -2.37. The molecule has 0 bridgehead atoms. The second-order valence-corrected chi connectivity index (χ2v) is 7.98. The molecule has 0 spiro atoms. The van der Waals surface area contributed by atoms with E-state index in [1.165, 1.54) is 11.0 Å². The van der Waals surface area contributed by atoms with Gasteiger partial charge >= 0.3 is 0 Å². The topological polar surface area (TPSA) is 58.6 Å². The summed E-state index contributed by atoms with van der Waals surface area (Å²) in [6, 6.07) is 11.0. The van der Waals surface area contributed by atoms with Crippen molar-refractivity contribution in [3.63, 3.8) is 0 Å². The standard InChI is InChI=1S/C19H21BrN2O3S/c1-3-12-22(19(24)11-9-14-8-10-17(20)26-14)13-18(23)21-15-6-4-5-7-16(15)25-2/h4-11H,3,12-13H2,1-2H3,(H,21,23). The van der Waals surface area contributed by atoms with Crippen molar-refractivity contribution >= 4 is 50.8 Å². The van der Waals surface area contributed by atoms with Crippen molar-refractivity contribution in [3.8, 4) is 5.75 Å². The van der Waals surface area contributed by atoms with E-state index < -0.39 is 0 Å². The zero-order chi connectivity index (χ0) is 18.9. The number of hydrogen-bond acceptors (Lipinski definition) is 4. The van der Waals surface area contributed by atoms with E-state index in [2.05, 4.69) is 21.2 Å². The summed E-state index contributed by atoms with van der Waals surface area (Å²) < 4.78 is 6.23. The molecule has 0 aliphatic carbocycles. The minimum atomic E-state index is -0.261. The van der Waals surface area contributed by atoms with Crippen LogP contribution in [0, 0.1) is 0 Å². The number of carbonyl (C=O) groups is 2. The first-order chi connectivity index (χ1) is 12.5. The number of nitrogens with zero attached hydrogens (tertiary/aromatic N) is 1. The van der Waals surface area contributed by atoms with Crippen molar-refractivity contribution in [3.05, 3.63) is 51.1 Å². The minimum absolute atomic E-state index is 0.0107. The molecular weight excluding hydrogens is 416 g/mol. The van der Waals surface area contributed by atoms with Crippen LogP contribution in [0.2, 0.25) is 0 Å². The highest BCUT2D eigenvalue weighted by Crippen LogP contribution is 2.24. The molecule has 26 heavy (non-hydrogen) atoms. The molecule has 1 N–H and O–H groups in total. The van der Waals surface area contributed by atoms with Crippen LogP contribution in [-0.4, -0.2) is 36.9 Å². The highest BCUT2D eigenvalue weighted by molar-refractivity contribution is 9.11. The fraction of sp³-hybridized carbons (Fsp3) is 0.263. The summed E-state index contributed by atoms with van der Waals surface area (Å²) in [6.07, 6.45) is 4.04. The van der Waals surface area contributed by atoms with Crippen LogP contribution in [-0.2, 0) is 9.59 Å². The van der Waals surface area contributed by atoms with Crippen molar-refractivity contribution in [2.45, 2.75) is 13.3 Å². The summed E-state index contributed by atoms with van der Waals surface area (Å²) in [4.78, 5) is 27.3. The lowest BCUT2D eigenvalue weighted by Gasteiger charge is -2.20. The molecule has 0 saturated carbocycles. The first-order valence-corrected chi connectivity index (χ1v) is 9.79. The van der Waals surface area contributed by atoms with Gasteiger partial charge in [-0.25, -0.2) is 0 Å². The summed E-state index contributed by atoms with van der Waals surface area (Å²) >= 11 is 4.94. The number of amides is 2. The van der Waals surface area contributed by atoms with Crippen LogP contribution in [0.25, 0.3) is 6.08 Å². The molecule has 0 fully saturated rings. The zero-order valence-electron chi connectivity index (χ0n) is 14.7. The van der Waals surface area contributed by atoms with Gasteiger partial charge in [0, 0.05) is 17.5 Å². The molecule has 0 saturated heterocycles. The van der Waals surface area contributed by atoms with Crippen molar-refractivity contribution in [2.75, 3.05) is 25.5 Å². The summed E-state index contributed by atoms with van der Waals surface area (Å²) in [5, 5.41) is 2.80. The highest BCUT2D eigenvalue weighted by Gasteiger charge is 2.15. The number of hydrogen-bond donors (Lipinski definition) is 1. The van der Waals surface area contributed by atoms with Crippen molar-refractivity contribution in [1.82, 2.24) is 4.90 Å². The third-order valence-electron chi connectivity index (χ3n) is 3.50. The van der Waals surface area contributed by atoms with Crippen LogP contribution >= 0.6 is 27.3 Å². The quantitative estimate of drug-likeness (QED) is 0.623. The largest absolute Gasteiger partial charge is 0.495 e. The predicted octanol–water partition coefficient (Wildman–Crippen LogP) is 4.41. The van der Waals surface area contributed by atoms with E-state index in [-0.39, 0.29) is 18.4 Å². The summed E-state index contributed by atoms with van der Waals surface area (Å²) in [5.41, 5.74) is 0.586. The van der Waals surface area contributed by atoms with Gasteiger partial charge in [-0.15, -0.1) is 11.3 Å². The molecule has 0 aliphatic rings. The molecule has 0 unspecified atom stereocenters. The second-order valence-electron chi connectivity index (χ2n) is 5.48. The molecule has 0 aliphatic heterocycles. The number of nitrogens with one attached hydrogen (secondary N) is 1. The third kappa shape index (κ3) is 6.00. The molecule has 0 radical (unpaired) electrons. The molecule has 1 heterocycles. The van der Waals surface area contributed by atoms with E-state index in [4.69, 9.17) is 4.74 Å². The number of methoxy groups -OCH3 is 1. The summed E-state index contributed by atoms with van der Waals surface area (Å²) in [7, 11) is 1.55. The number of rotatable bonds is 8. The van der Waals surface area contributed by atoms with Crippen LogP contribution < -0.4 is 10.1 Å². The molecular formula is C19H21BrN2O3S. The number of thiophene rings is 1. The van der Waals surface area contributed by atoms with Gasteiger partial charge < -0.3 is 15.0 Å². The van der Waals surface area contributed by atoms with Gasteiger partial charge in [-0.2, -0.15) is 0 Å². The van der Waals surface area contributed by atoms with Gasteiger partial charge in [-0.05, 0) is 52.7 Å². The summed E-state index contributed by atoms with van der Waals surface area (Å²) in [5.74, 6) is 0.132. The Hall–Kier alpha value is -2.12. The van der Waals surface area contributed by atoms with Crippen LogP contribution in [0.4, 0.5) is 5.69 Å². The summed E-state index contributed by atoms with van der Waals surface area (Å²) in [6.45, 7) is 2.47. The lowest BCUT2D eigenvalue weighted by atomic mass is 10.3. The Kier molecular flexibility index (Phi) is 7.87. The number of carbonyl (C=O) groups excluding carboxylic acids is 2. The van der Waals surface area contributed by atoms with Crippen LogP contribution in [0.1, 0.15) is 18.2 Å². The molecule has 7 heteroatoms. The van der Waals surface area contributed by atoms with E-state index in [9.17, 15) is 9.59 Å². The SMILES string of the molecule is CCCN(CC(=O)Nc1ccccc1OC)C(=O)C=Cc1ccc(Br)s1. The Morgan fingerprint density at radius 1 is 1.27 bits per heavy atom. The van der Waals surface area contributed by atoms with Gasteiger partial charge in [-0.3, -0.25) is 9.59 Å². The fourth-order valence-electron chi connectivity index (χ4n) is 2.32. The van der Waals surface area contributed by atoms with Gasteiger partial charge in [0.2, 0.25) is 11.8 Å². The first-order valence-electron chi connectivity index (χ1n) is 8.18. The van der Waals surface area contributed by atoms with Gasteiger partial charge in [-0.1, -0.05) is 19.1 Å². The average Bonchev–Trinajstić information content (AvgIpc) is 3.05. The Labute approximate surface area is 165 Å². The van der Waals surface area contributed by atoms with Gasteiger partial charge in [0.25, 0.3) is 0 Å². The number of benzene rings is 1. The first kappa shape index (κ1) is 20.2. The monoisotopic (exact) mass is 436 g/mol. The van der Waals surface area contributed by atoms with Gasteiger partial charge in [0.1, 0.15) is 12.3 Å². The smallest absolute Gasteiger partial charge is 0.247 e. The molecule has 1 aromatic heterocycles. The van der Waals surface area contributed by atoms with Crippen molar-refractivity contribution in [1.29, 1.82) is 0 Å². The Morgan fingerprint density at radius 3 is 2.69 bits per heavy atom. The van der Waals surface area contributed by atoms with E-state index in [1.807, 2.05) is 31.2 Å². The molecule has 5 nitrogen and oxygen atoms in total. The predicted molar refractivity (Wildman–Crippen MR) is 110 cm³/mol. The van der Waals surface area contributed by atoms with Crippen LogP contribution in [0.3, 0.4) is 0 Å². The minimum Gasteiger partial charge on any atom is -0.495 e. The fourth-order valence-corrected chi connectivity index (χ4v) is 3.65. The molecule has 1 aromatic carbocycles. The highest BCUT2D eigenvalue weighted by atomic mass is 79.9. The van der Waals surface area contributed by atoms with E-state index in [0.29, 0.717) is 18.0 Å². The van der Waals surface area contributed by atoms with Gasteiger partial charge in [0.15, 0.2) is 0 Å². The molecule has 0 atom stereocenters. The van der Waals surface area contributed by atoms with Crippen molar-refractivity contribution in [2.24, 2.45) is 0 Å². The maximum absolute atomic E-state index is 12.5. The lowest BCUT2D eigenvalue weighted by molar-refractivity contribution is -0.130. The maximum atomic E-state index is 12.5. The Bertz CT molecular complexity index is 789. The Balaban J connectivity index is 2.00. The molecule has 2 aromatic rings. The second kappa shape index (κ2) is 10.1. The molecule has 2 rings (SSSR count). The average molecular weight is 437 g/mol. The van der Waals surface area contributed by atoms with Crippen LogP contribution in [0.5, 0.6) is 5.75 Å². The number of anilines is 1. The third-order valence-corrected chi connectivity index (χ3v) is 5.09. The molecule has 138 valence electrons. The Morgan fingerprint density at radius 2 is 2.04 bits per heavy atom. The maximum Gasteiger partial charge on any atom is 0.247 e. The normalized spacial score (nSPS) is 10.7. The van der Waals surface area contributed by atoms with Crippen molar-refractivity contribution < 1.29 is 14.3 Å². The molecule has 2 amide bonds. The van der Waals surface area contributed by atoms with Crippen LogP contribution in [0.15, 0.2) is 46.3 Å². The zero-order valence-corrected chi connectivity index (χ0v) is 17.1. The number of halogens is 1. The number of ether oxygens (including phenoxy) is 1. The van der Waals surface area contributed by atoms with E-state index in [1.54, 1.807) is 36.7 Å². The van der Waals surface area contributed by atoms with Gasteiger partial charge in [0.05, 0.1) is 16.6 Å². The number of para-hydroxylation sites is 2. The van der Waals surface area contributed by atoms with E-state index in [0.717, 1.165) is 15.1 Å².